The minimum Gasteiger partial charge on any atom is -0.311 e. The first-order chi connectivity index (χ1) is 17.5. The van der Waals surface area contributed by atoms with Crippen LogP contribution < -0.4 is 10.2 Å². The predicted octanol–water partition coefficient (Wildman–Crippen LogP) is 4.25. The molecule has 0 saturated carbocycles. The molecule has 0 radical (unpaired) electrons. The Bertz CT molecular complexity index is 1390. The van der Waals surface area contributed by atoms with Gasteiger partial charge in [0.2, 0.25) is 11.9 Å². The Morgan fingerprint density at radius 2 is 1.94 bits per heavy atom. The maximum absolute atomic E-state index is 12.8. The summed E-state index contributed by atoms with van der Waals surface area (Å²) in [6.45, 7) is 7.32. The number of likely N-dealkylation sites (tertiary alicyclic amines) is 1. The second-order valence-corrected chi connectivity index (χ2v) is 9.87. The molecule has 6 rings (SSSR count). The van der Waals surface area contributed by atoms with Crippen molar-refractivity contribution in [1.29, 1.82) is 0 Å². The van der Waals surface area contributed by atoms with Crippen LogP contribution in [0.15, 0.2) is 55.1 Å². The van der Waals surface area contributed by atoms with Gasteiger partial charge in [-0.1, -0.05) is 13.8 Å². The number of rotatable bonds is 6. The van der Waals surface area contributed by atoms with E-state index in [0.717, 1.165) is 48.5 Å². The summed E-state index contributed by atoms with van der Waals surface area (Å²) in [6, 6.07) is 10.2. The first kappa shape index (κ1) is 22.6. The molecule has 6 heterocycles. The highest BCUT2D eigenvalue weighted by Gasteiger charge is 2.32. The highest BCUT2D eigenvalue weighted by Crippen LogP contribution is 2.28. The van der Waals surface area contributed by atoms with Crippen molar-refractivity contribution in [1.82, 2.24) is 29.5 Å². The van der Waals surface area contributed by atoms with Gasteiger partial charge in [0.25, 0.3) is 0 Å². The van der Waals surface area contributed by atoms with Gasteiger partial charge in [0.1, 0.15) is 5.82 Å². The van der Waals surface area contributed by atoms with Gasteiger partial charge in [-0.3, -0.25) is 9.69 Å². The average Bonchev–Trinajstić information content (AvgIpc) is 3.28. The van der Waals surface area contributed by atoms with Gasteiger partial charge in [-0.2, -0.15) is 5.10 Å². The van der Waals surface area contributed by atoms with Gasteiger partial charge in [0.05, 0.1) is 29.3 Å². The van der Waals surface area contributed by atoms with Gasteiger partial charge in [0, 0.05) is 42.5 Å². The van der Waals surface area contributed by atoms with Gasteiger partial charge in [-0.05, 0) is 62.2 Å². The third kappa shape index (κ3) is 4.30. The minimum atomic E-state index is 0.174. The number of pyridine rings is 2. The third-order valence-electron chi connectivity index (χ3n) is 7.23. The van der Waals surface area contributed by atoms with Crippen LogP contribution in [0.25, 0.3) is 16.8 Å². The molecule has 2 fully saturated rings. The van der Waals surface area contributed by atoms with E-state index in [9.17, 15) is 4.79 Å². The van der Waals surface area contributed by atoms with Crippen LogP contribution in [0.1, 0.15) is 44.6 Å². The van der Waals surface area contributed by atoms with Crippen molar-refractivity contribution in [3.8, 4) is 11.3 Å². The quantitative estimate of drug-likeness (QED) is 0.439. The molecule has 0 aromatic carbocycles. The molecule has 2 aliphatic rings. The van der Waals surface area contributed by atoms with Crippen molar-refractivity contribution < 1.29 is 4.79 Å². The van der Waals surface area contributed by atoms with Crippen molar-refractivity contribution in [3.63, 3.8) is 0 Å². The number of hydrogen-bond acceptors (Lipinski definition) is 7. The number of fused-ring (bicyclic) bond motifs is 1. The van der Waals surface area contributed by atoms with E-state index >= 15 is 0 Å². The summed E-state index contributed by atoms with van der Waals surface area (Å²) in [5, 5.41) is 7.64. The summed E-state index contributed by atoms with van der Waals surface area (Å²) in [5.41, 5.74) is 4.93. The van der Waals surface area contributed by atoms with E-state index in [0.29, 0.717) is 30.1 Å². The average molecular weight is 483 g/mol. The van der Waals surface area contributed by atoms with E-state index in [1.54, 1.807) is 12.4 Å². The van der Waals surface area contributed by atoms with Gasteiger partial charge in [-0.15, -0.1) is 0 Å². The van der Waals surface area contributed by atoms with Crippen molar-refractivity contribution in [2.45, 2.75) is 45.1 Å². The van der Waals surface area contributed by atoms with Gasteiger partial charge in [-0.25, -0.2) is 19.5 Å². The zero-order chi connectivity index (χ0) is 24.6. The van der Waals surface area contributed by atoms with E-state index in [2.05, 4.69) is 45.2 Å². The Morgan fingerprint density at radius 3 is 2.67 bits per heavy atom. The fourth-order valence-corrected chi connectivity index (χ4v) is 5.02. The number of piperidine rings is 1. The lowest BCUT2D eigenvalue weighted by atomic mass is 9.99. The molecule has 9 heteroatoms. The fourth-order valence-electron chi connectivity index (χ4n) is 5.02. The minimum absolute atomic E-state index is 0.174. The molecule has 2 aliphatic heterocycles. The Balaban J connectivity index is 1.16. The zero-order valence-electron chi connectivity index (χ0n) is 20.6. The van der Waals surface area contributed by atoms with Crippen LogP contribution in [0, 0.1) is 0 Å². The van der Waals surface area contributed by atoms with Crippen molar-refractivity contribution in [2.24, 2.45) is 0 Å². The normalized spacial score (nSPS) is 18.6. The van der Waals surface area contributed by atoms with Crippen LogP contribution in [-0.4, -0.2) is 61.0 Å². The topological polar surface area (TPSA) is 91.6 Å². The van der Waals surface area contributed by atoms with Gasteiger partial charge >= 0.3 is 0 Å². The number of aromatic nitrogens is 5. The lowest BCUT2D eigenvalue weighted by molar-refractivity contribution is -0.121. The Labute approximate surface area is 210 Å². The highest BCUT2D eigenvalue weighted by molar-refractivity contribution is 5.94. The molecular weight excluding hydrogens is 452 g/mol. The van der Waals surface area contributed by atoms with E-state index in [-0.39, 0.29) is 5.91 Å². The molecule has 1 N–H and O–H groups in total. The Hall–Kier alpha value is -3.85. The molecular formula is C27H30N8O. The summed E-state index contributed by atoms with van der Waals surface area (Å²) in [5.74, 6) is 1.66. The number of carbonyl (C=O) groups is 1. The summed E-state index contributed by atoms with van der Waals surface area (Å²) in [6.07, 6.45) is 10.2. The smallest absolute Gasteiger partial charge is 0.228 e. The van der Waals surface area contributed by atoms with Gasteiger partial charge in [0.15, 0.2) is 0 Å². The molecule has 1 unspecified atom stereocenters. The summed E-state index contributed by atoms with van der Waals surface area (Å²) in [4.78, 5) is 30.6. The molecule has 2 saturated heterocycles. The maximum atomic E-state index is 12.8. The third-order valence-corrected chi connectivity index (χ3v) is 7.23. The molecule has 4 aromatic rings. The largest absolute Gasteiger partial charge is 0.311 e. The lowest BCUT2D eigenvalue weighted by Gasteiger charge is -2.42. The van der Waals surface area contributed by atoms with E-state index < -0.39 is 0 Å². The van der Waals surface area contributed by atoms with Crippen LogP contribution in [-0.2, 0) is 4.79 Å². The fraction of sp³-hybridized carbons (Fsp3) is 0.370. The molecule has 1 atom stereocenters. The van der Waals surface area contributed by atoms with Crippen LogP contribution in [0.3, 0.4) is 0 Å². The Kier molecular flexibility index (Phi) is 5.85. The standard InChI is InChI=1S/C27H30N8O/c1-18(2)22-17-30-35-13-7-19(14-24(22)35)23-6-9-28-27(31-23)32-25-5-4-21(16-29-25)34-12-8-20(15-26(34)36)33-10-3-11-33/h4-7,9,13-14,16-18,20H,3,8,10-12,15H2,1-2H3,(H,28,29,31,32). The number of nitrogens with zero attached hydrogens (tertiary/aromatic N) is 7. The second kappa shape index (κ2) is 9.31. The number of nitrogens with one attached hydrogen (secondary N) is 1. The van der Waals surface area contributed by atoms with Gasteiger partial charge < -0.3 is 10.2 Å². The predicted molar refractivity (Wildman–Crippen MR) is 139 cm³/mol. The van der Waals surface area contributed by atoms with Crippen LogP contribution >= 0.6 is 0 Å². The second-order valence-electron chi connectivity index (χ2n) is 9.87. The number of amides is 1. The number of carbonyl (C=O) groups excluding carboxylic acids is 1. The van der Waals surface area contributed by atoms with E-state index in [1.807, 2.05) is 46.1 Å². The molecule has 184 valence electrons. The SMILES string of the molecule is CC(C)c1cnn2ccc(-c3ccnc(Nc4ccc(N5CCC(N6CCC6)CC5=O)cn4)n3)cc12. The van der Waals surface area contributed by atoms with E-state index in [4.69, 9.17) is 4.98 Å². The molecule has 0 aliphatic carbocycles. The molecule has 0 spiro atoms. The van der Waals surface area contributed by atoms with Crippen LogP contribution in [0.5, 0.6) is 0 Å². The van der Waals surface area contributed by atoms with Crippen molar-refractivity contribution in [3.05, 3.63) is 60.7 Å². The molecule has 4 aromatic heterocycles. The summed E-state index contributed by atoms with van der Waals surface area (Å²) >= 11 is 0. The first-order valence-electron chi connectivity index (χ1n) is 12.6. The highest BCUT2D eigenvalue weighted by atomic mass is 16.2. The lowest BCUT2D eigenvalue weighted by Crippen LogP contribution is -2.52. The number of anilines is 3. The Morgan fingerprint density at radius 1 is 1.06 bits per heavy atom. The van der Waals surface area contributed by atoms with Crippen LogP contribution in [0.4, 0.5) is 17.5 Å². The maximum Gasteiger partial charge on any atom is 0.228 e. The van der Waals surface area contributed by atoms with Crippen molar-refractivity contribution >= 4 is 28.9 Å². The van der Waals surface area contributed by atoms with Crippen LogP contribution in [0.2, 0.25) is 0 Å². The zero-order valence-corrected chi connectivity index (χ0v) is 20.6. The number of hydrogen-bond donors (Lipinski definition) is 1. The molecule has 1 amide bonds. The molecule has 36 heavy (non-hydrogen) atoms. The molecule has 0 bridgehead atoms. The van der Waals surface area contributed by atoms with E-state index in [1.165, 1.54) is 12.0 Å². The van der Waals surface area contributed by atoms with Crippen molar-refractivity contribution in [2.75, 3.05) is 29.9 Å². The summed E-state index contributed by atoms with van der Waals surface area (Å²) < 4.78 is 1.89. The first-order valence-corrected chi connectivity index (χ1v) is 12.6. The summed E-state index contributed by atoms with van der Waals surface area (Å²) in [7, 11) is 0. The molecule has 9 nitrogen and oxygen atoms in total. The monoisotopic (exact) mass is 482 g/mol.